The van der Waals surface area contributed by atoms with E-state index in [4.69, 9.17) is 9.47 Å². The number of carboxylic acids is 1. The van der Waals surface area contributed by atoms with Crippen molar-refractivity contribution < 1.29 is 19.4 Å². The first-order valence-electron chi connectivity index (χ1n) is 6.78. The first-order valence-corrected chi connectivity index (χ1v) is 6.78. The molecular formula is C15H21NO4. The lowest BCUT2D eigenvalue weighted by atomic mass is 9.85. The molecule has 1 aliphatic rings. The van der Waals surface area contributed by atoms with Crippen molar-refractivity contribution in [2.45, 2.75) is 12.0 Å². The fourth-order valence-electron chi connectivity index (χ4n) is 2.85. The number of hydrogen-bond donors (Lipinski definition) is 1. The summed E-state index contributed by atoms with van der Waals surface area (Å²) in [4.78, 5) is 13.6. The summed E-state index contributed by atoms with van der Waals surface area (Å²) in [6, 6.07) is 9.74. The highest BCUT2D eigenvalue weighted by molar-refractivity contribution is 5.69. The summed E-state index contributed by atoms with van der Waals surface area (Å²) in [6.07, 6.45) is 0.0187. The van der Waals surface area contributed by atoms with Crippen molar-refractivity contribution in [1.82, 2.24) is 4.90 Å². The molecule has 1 unspecified atom stereocenters. The summed E-state index contributed by atoms with van der Waals surface area (Å²) in [5, 5.41) is 9.35. The third kappa shape index (κ3) is 3.17. The molecule has 0 amide bonds. The Morgan fingerprint density at radius 3 is 2.55 bits per heavy atom. The number of carbonyl (C=O) groups is 1. The van der Waals surface area contributed by atoms with E-state index in [0.29, 0.717) is 32.9 Å². The predicted octanol–water partition coefficient (Wildman–Crippen LogP) is 1.34. The predicted molar refractivity (Wildman–Crippen MR) is 74.6 cm³/mol. The number of morpholine rings is 1. The van der Waals surface area contributed by atoms with E-state index in [-0.39, 0.29) is 6.42 Å². The molecule has 1 aliphatic heterocycles. The Morgan fingerprint density at radius 2 is 2.00 bits per heavy atom. The summed E-state index contributed by atoms with van der Waals surface area (Å²) in [5.74, 6) is -0.822. The van der Waals surface area contributed by atoms with Crippen molar-refractivity contribution in [1.29, 1.82) is 0 Å². The molecule has 2 rings (SSSR count). The normalized spacial score (nSPS) is 19.4. The van der Waals surface area contributed by atoms with Crippen molar-refractivity contribution in [3.8, 4) is 0 Å². The fourth-order valence-corrected chi connectivity index (χ4v) is 2.85. The zero-order valence-electron chi connectivity index (χ0n) is 11.7. The van der Waals surface area contributed by atoms with E-state index in [2.05, 4.69) is 4.90 Å². The third-order valence-electron chi connectivity index (χ3n) is 3.75. The molecule has 1 fully saturated rings. The van der Waals surface area contributed by atoms with Gasteiger partial charge in [-0.05, 0) is 5.56 Å². The van der Waals surface area contributed by atoms with Gasteiger partial charge in [0.2, 0.25) is 0 Å². The van der Waals surface area contributed by atoms with Gasteiger partial charge in [0.05, 0.1) is 31.8 Å². The maximum Gasteiger partial charge on any atom is 0.305 e. The Morgan fingerprint density at radius 1 is 1.35 bits per heavy atom. The number of carboxylic acid groups (broad SMARTS) is 1. The zero-order chi connectivity index (χ0) is 14.4. The van der Waals surface area contributed by atoms with E-state index >= 15 is 0 Å². The van der Waals surface area contributed by atoms with Gasteiger partial charge in [0, 0.05) is 20.2 Å². The van der Waals surface area contributed by atoms with Crippen molar-refractivity contribution in [3.63, 3.8) is 0 Å². The van der Waals surface area contributed by atoms with Gasteiger partial charge in [-0.3, -0.25) is 9.69 Å². The first-order chi connectivity index (χ1) is 9.69. The molecular weight excluding hydrogens is 258 g/mol. The number of rotatable bonds is 6. The molecule has 0 radical (unpaired) electrons. The molecule has 0 aromatic heterocycles. The SMILES string of the molecule is COCC(CC(=O)O)(c1ccccc1)N1CCOCC1. The van der Waals surface area contributed by atoms with Crippen LogP contribution in [0.2, 0.25) is 0 Å². The standard InChI is InChI=1S/C15H21NO4/c1-19-12-15(11-14(17)18,13-5-3-2-4-6-13)16-7-9-20-10-8-16/h2-6H,7-12H2,1H3,(H,17,18). The number of aliphatic carboxylic acids is 1. The maximum absolute atomic E-state index is 11.4. The Kier molecular flexibility index (Phi) is 5.11. The minimum Gasteiger partial charge on any atom is -0.481 e. The fraction of sp³-hybridized carbons (Fsp3) is 0.533. The van der Waals surface area contributed by atoms with Crippen molar-refractivity contribution >= 4 is 5.97 Å². The highest BCUT2D eigenvalue weighted by Crippen LogP contribution is 2.33. The molecule has 5 nitrogen and oxygen atoms in total. The monoisotopic (exact) mass is 279 g/mol. The van der Waals surface area contributed by atoms with E-state index in [0.717, 1.165) is 5.56 Å². The number of nitrogens with zero attached hydrogens (tertiary/aromatic N) is 1. The number of methoxy groups -OCH3 is 1. The molecule has 1 N–H and O–H groups in total. The maximum atomic E-state index is 11.4. The Labute approximate surface area is 119 Å². The van der Waals surface area contributed by atoms with Crippen LogP contribution in [-0.4, -0.2) is 56.0 Å². The lowest BCUT2D eigenvalue weighted by molar-refractivity contribution is -0.144. The van der Waals surface area contributed by atoms with Crippen molar-refractivity contribution in [2.24, 2.45) is 0 Å². The molecule has 20 heavy (non-hydrogen) atoms. The van der Waals surface area contributed by atoms with Crippen LogP contribution in [0, 0.1) is 0 Å². The Hall–Kier alpha value is -1.43. The van der Waals surface area contributed by atoms with E-state index in [1.165, 1.54) is 0 Å². The molecule has 1 heterocycles. The number of benzene rings is 1. The third-order valence-corrected chi connectivity index (χ3v) is 3.75. The van der Waals surface area contributed by atoms with Gasteiger partial charge >= 0.3 is 5.97 Å². The van der Waals surface area contributed by atoms with Crippen LogP contribution in [0.5, 0.6) is 0 Å². The molecule has 5 heteroatoms. The second-order valence-corrected chi connectivity index (χ2v) is 5.00. The molecule has 0 bridgehead atoms. The second-order valence-electron chi connectivity index (χ2n) is 5.00. The summed E-state index contributed by atoms with van der Waals surface area (Å²) in [5.41, 5.74) is 0.345. The van der Waals surface area contributed by atoms with Crippen LogP contribution in [-0.2, 0) is 19.8 Å². The van der Waals surface area contributed by atoms with E-state index in [9.17, 15) is 9.90 Å². The molecule has 1 atom stereocenters. The zero-order valence-corrected chi connectivity index (χ0v) is 11.7. The van der Waals surface area contributed by atoms with Crippen LogP contribution in [0.15, 0.2) is 30.3 Å². The van der Waals surface area contributed by atoms with Crippen LogP contribution >= 0.6 is 0 Å². The van der Waals surface area contributed by atoms with Crippen LogP contribution in [0.4, 0.5) is 0 Å². The molecule has 110 valence electrons. The molecule has 0 saturated carbocycles. The quantitative estimate of drug-likeness (QED) is 0.851. The van der Waals surface area contributed by atoms with E-state index < -0.39 is 11.5 Å². The summed E-state index contributed by atoms with van der Waals surface area (Å²) >= 11 is 0. The smallest absolute Gasteiger partial charge is 0.305 e. The minimum absolute atomic E-state index is 0.0187. The van der Waals surface area contributed by atoms with E-state index in [1.54, 1.807) is 7.11 Å². The van der Waals surface area contributed by atoms with Gasteiger partial charge < -0.3 is 14.6 Å². The summed E-state index contributed by atoms with van der Waals surface area (Å²) < 4.78 is 10.8. The molecule has 0 aliphatic carbocycles. The van der Waals surface area contributed by atoms with Crippen LogP contribution < -0.4 is 0 Å². The average molecular weight is 279 g/mol. The minimum atomic E-state index is -0.822. The van der Waals surface area contributed by atoms with Gasteiger partial charge in [0.15, 0.2) is 0 Å². The van der Waals surface area contributed by atoms with Gasteiger partial charge in [-0.1, -0.05) is 30.3 Å². The molecule has 0 spiro atoms. The van der Waals surface area contributed by atoms with E-state index in [1.807, 2.05) is 30.3 Å². The molecule has 1 aromatic carbocycles. The average Bonchev–Trinajstić information content (AvgIpc) is 2.48. The topological polar surface area (TPSA) is 59.0 Å². The highest BCUT2D eigenvalue weighted by atomic mass is 16.5. The van der Waals surface area contributed by atoms with Gasteiger partial charge in [-0.2, -0.15) is 0 Å². The second kappa shape index (κ2) is 6.83. The van der Waals surface area contributed by atoms with Gasteiger partial charge in [-0.15, -0.1) is 0 Å². The largest absolute Gasteiger partial charge is 0.481 e. The van der Waals surface area contributed by atoms with Gasteiger partial charge in [0.1, 0.15) is 0 Å². The lowest BCUT2D eigenvalue weighted by Gasteiger charge is -2.45. The van der Waals surface area contributed by atoms with Gasteiger partial charge in [-0.25, -0.2) is 0 Å². The highest BCUT2D eigenvalue weighted by Gasteiger charge is 2.41. The summed E-state index contributed by atoms with van der Waals surface area (Å²) in [7, 11) is 1.61. The number of hydrogen-bond acceptors (Lipinski definition) is 4. The van der Waals surface area contributed by atoms with Crippen LogP contribution in [0.1, 0.15) is 12.0 Å². The number of ether oxygens (including phenoxy) is 2. The van der Waals surface area contributed by atoms with Crippen molar-refractivity contribution in [2.75, 3.05) is 40.0 Å². The first kappa shape index (κ1) is 15.0. The van der Waals surface area contributed by atoms with Gasteiger partial charge in [0.25, 0.3) is 0 Å². The molecule has 1 saturated heterocycles. The summed E-state index contributed by atoms with van der Waals surface area (Å²) in [6.45, 7) is 3.02. The Balaban J connectivity index is 2.40. The van der Waals surface area contributed by atoms with Crippen molar-refractivity contribution in [3.05, 3.63) is 35.9 Å². The Bertz CT molecular complexity index is 431. The van der Waals surface area contributed by atoms with Crippen LogP contribution in [0.25, 0.3) is 0 Å². The lowest BCUT2D eigenvalue weighted by Crippen LogP contribution is -2.54. The van der Waals surface area contributed by atoms with Crippen LogP contribution in [0.3, 0.4) is 0 Å². The molecule has 1 aromatic rings.